The quantitative estimate of drug-likeness (QED) is 0.670. The molecule has 32 heavy (non-hydrogen) atoms. The lowest BCUT2D eigenvalue weighted by molar-refractivity contribution is -0.154. The first-order valence-corrected chi connectivity index (χ1v) is 9.78. The van der Waals surface area contributed by atoms with Crippen LogP contribution in [0.5, 0.6) is 5.88 Å². The van der Waals surface area contributed by atoms with Crippen LogP contribution in [0.2, 0.25) is 0 Å². The van der Waals surface area contributed by atoms with E-state index in [9.17, 15) is 22.8 Å². The highest BCUT2D eigenvalue weighted by molar-refractivity contribution is 5.96. The van der Waals surface area contributed by atoms with Crippen LogP contribution in [0.4, 0.5) is 19.0 Å². The number of allylic oxidation sites excluding steroid dienone is 4. The highest BCUT2D eigenvalue weighted by atomic mass is 19.4. The number of hydrogen-bond acceptors (Lipinski definition) is 5. The molecule has 0 aromatic carbocycles. The summed E-state index contributed by atoms with van der Waals surface area (Å²) in [5.74, 6) is -0.595. The summed E-state index contributed by atoms with van der Waals surface area (Å²) in [5, 5.41) is 5.22. The van der Waals surface area contributed by atoms with Crippen LogP contribution < -0.4 is 15.4 Å². The van der Waals surface area contributed by atoms with Gasteiger partial charge in [0.25, 0.3) is 5.91 Å². The van der Waals surface area contributed by atoms with Gasteiger partial charge in [0.1, 0.15) is 5.82 Å². The first-order chi connectivity index (χ1) is 15.2. The van der Waals surface area contributed by atoms with E-state index in [0.29, 0.717) is 22.3 Å². The van der Waals surface area contributed by atoms with Crippen LogP contribution in [-0.2, 0) is 11.3 Å². The van der Waals surface area contributed by atoms with Gasteiger partial charge in [0.15, 0.2) is 6.61 Å². The fourth-order valence-electron chi connectivity index (χ4n) is 2.98. The van der Waals surface area contributed by atoms with Gasteiger partial charge in [-0.15, -0.1) is 0 Å². The number of anilines is 1. The first kappa shape index (κ1) is 23.0. The van der Waals surface area contributed by atoms with E-state index in [4.69, 9.17) is 4.74 Å². The Bertz CT molecular complexity index is 1060. The molecule has 0 saturated heterocycles. The van der Waals surface area contributed by atoms with Crippen LogP contribution in [0.1, 0.15) is 41.3 Å². The number of nitrogens with one attached hydrogen (secondary N) is 2. The Kier molecular flexibility index (Phi) is 7.24. The highest BCUT2D eigenvalue weighted by Gasteiger charge is 2.29. The lowest BCUT2D eigenvalue weighted by Gasteiger charge is -2.16. The summed E-state index contributed by atoms with van der Waals surface area (Å²) in [6.45, 7) is -0.0238. The lowest BCUT2D eigenvalue weighted by atomic mass is 9.99. The number of alkyl halides is 3. The number of nitrogens with zero attached hydrogens (tertiary/aromatic N) is 2. The molecule has 2 aromatic heterocycles. The second-order valence-electron chi connectivity index (χ2n) is 7.03. The van der Waals surface area contributed by atoms with Crippen molar-refractivity contribution in [3.05, 3.63) is 65.5 Å². The Morgan fingerprint density at radius 1 is 1.19 bits per heavy atom. The summed E-state index contributed by atoms with van der Waals surface area (Å²) in [7, 11) is 0. The molecular formula is C22H21F3N4O3. The zero-order valence-electron chi connectivity index (χ0n) is 17.2. The van der Waals surface area contributed by atoms with Crippen molar-refractivity contribution in [2.75, 3.05) is 11.9 Å². The van der Waals surface area contributed by atoms with E-state index in [0.717, 1.165) is 12.8 Å². The molecular weight excluding hydrogens is 425 g/mol. The zero-order chi connectivity index (χ0) is 23.1. The third kappa shape index (κ3) is 6.66. The van der Waals surface area contributed by atoms with Crippen molar-refractivity contribution in [1.29, 1.82) is 0 Å². The number of aromatic nitrogens is 2. The Morgan fingerprint density at radius 3 is 2.69 bits per heavy atom. The number of carbonyl (C=O) groups is 2. The SMILES string of the molecule is CC(=O)Nc1cc(C(=O)NCc2cnc(OCC(F)(F)F)c(C3=CCCC=C3)c2)ccn1. The van der Waals surface area contributed by atoms with Gasteiger partial charge in [-0.3, -0.25) is 9.59 Å². The van der Waals surface area contributed by atoms with Gasteiger partial charge in [0.2, 0.25) is 11.8 Å². The molecule has 0 radical (unpaired) electrons. The predicted octanol–water partition coefficient (Wildman–Crippen LogP) is 4.04. The monoisotopic (exact) mass is 446 g/mol. The van der Waals surface area contributed by atoms with Gasteiger partial charge >= 0.3 is 6.18 Å². The number of rotatable bonds is 7. The summed E-state index contributed by atoms with van der Waals surface area (Å²) in [5.41, 5.74) is 2.01. The molecule has 1 aliphatic rings. The summed E-state index contributed by atoms with van der Waals surface area (Å²) in [6, 6.07) is 4.58. The minimum absolute atomic E-state index is 0.0904. The average molecular weight is 446 g/mol. The third-order valence-electron chi connectivity index (χ3n) is 4.37. The van der Waals surface area contributed by atoms with Gasteiger partial charge in [-0.1, -0.05) is 18.2 Å². The molecule has 0 spiro atoms. The summed E-state index contributed by atoms with van der Waals surface area (Å²) < 4.78 is 42.7. The molecule has 0 unspecified atom stereocenters. The van der Waals surface area contributed by atoms with E-state index in [1.54, 1.807) is 6.07 Å². The van der Waals surface area contributed by atoms with E-state index in [1.807, 2.05) is 18.2 Å². The minimum atomic E-state index is -4.48. The van der Waals surface area contributed by atoms with Crippen LogP contribution in [0.25, 0.3) is 5.57 Å². The van der Waals surface area contributed by atoms with Gasteiger partial charge in [-0.05, 0) is 42.2 Å². The van der Waals surface area contributed by atoms with Gasteiger partial charge in [0.05, 0.1) is 0 Å². The topological polar surface area (TPSA) is 93.2 Å². The van der Waals surface area contributed by atoms with E-state index in [1.165, 1.54) is 31.5 Å². The molecule has 0 atom stereocenters. The Hall–Kier alpha value is -3.69. The second kappa shape index (κ2) is 10.1. The van der Waals surface area contributed by atoms with Crippen LogP contribution in [-0.4, -0.2) is 34.6 Å². The van der Waals surface area contributed by atoms with Crippen molar-refractivity contribution < 1.29 is 27.5 Å². The highest BCUT2D eigenvalue weighted by Crippen LogP contribution is 2.30. The van der Waals surface area contributed by atoms with E-state index < -0.39 is 18.7 Å². The number of amides is 2. The molecule has 0 bridgehead atoms. The average Bonchev–Trinajstić information content (AvgIpc) is 2.76. The van der Waals surface area contributed by atoms with E-state index in [-0.39, 0.29) is 24.1 Å². The molecule has 1 aliphatic carbocycles. The number of pyridine rings is 2. The molecule has 0 fully saturated rings. The molecule has 0 saturated carbocycles. The summed E-state index contributed by atoms with van der Waals surface area (Å²) in [4.78, 5) is 31.6. The van der Waals surface area contributed by atoms with Gasteiger partial charge < -0.3 is 15.4 Å². The van der Waals surface area contributed by atoms with Gasteiger partial charge in [-0.2, -0.15) is 13.2 Å². The Balaban J connectivity index is 1.75. The molecule has 7 nitrogen and oxygen atoms in total. The number of halogens is 3. The van der Waals surface area contributed by atoms with Crippen LogP contribution in [0.3, 0.4) is 0 Å². The van der Waals surface area contributed by atoms with Gasteiger partial charge in [-0.25, -0.2) is 9.97 Å². The molecule has 0 aliphatic heterocycles. The summed E-state index contributed by atoms with van der Waals surface area (Å²) >= 11 is 0. The van der Waals surface area contributed by atoms with Crippen molar-refractivity contribution in [3.8, 4) is 5.88 Å². The second-order valence-corrected chi connectivity index (χ2v) is 7.03. The Labute approximate surface area is 182 Å². The van der Waals surface area contributed by atoms with Crippen molar-refractivity contribution in [1.82, 2.24) is 15.3 Å². The molecule has 2 amide bonds. The van der Waals surface area contributed by atoms with E-state index >= 15 is 0 Å². The maximum absolute atomic E-state index is 12.6. The normalized spacial score (nSPS) is 13.3. The molecule has 3 rings (SSSR count). The van der Waals surface area contributed by atoms with Crippen molar-refractivity contribution in [2.45, 2.75) is 32.5 Å². The van der Waals surface area contributed by atoms with Crippen molar-refractivity contribution in [3.63, 3.8) is 0 Å². The van der Waals surface area contributed by atoms with Crippen LogP contribution in [0.15, 0.2) is 48.8 Å². The standard InChI is InChI=1S/C22H21F3N4O3/c1-14(30)29-19-10-17(7-8-26-19)20(31)27-11-15-9-18(16-5-3-2-4-6-16)21(28-12-15)32-13-22(23,24)25/h3,5-10,12H,2,4,11,13H2,1H3,(H,27,31)(H,26,29,30). The predicted molar refractivity (Wildman–Crippen MR) is 112 cm³/mol. The maximum Gasteiger partial charge on any atom is 0.422 e. The zero-order valence-corrected chi connectivity index (χ0v) is 17.2. The third-order valence-corrected chi connectivity index (χ3v) is 4.37. The fourth-order valence-corrected chi connectivity index (χ4v) is 2.98. The van der Waals surface area contributed by atoms with Gasteiger partial charge in [0, 0.05) is 37.0 Å². The number of hydrogen-bond donors (Lipinski definition) is 2. The molecule has 2 aromatic rings. The van der Waals surface area contributed by atoms with Crippen LogP contribution in [0, 0.1) is 0 Å². The summed E-state index contributed by atoms with van der Waals surface area (Å²) in [6.07, 6.45) is 5.51. The lowest BCUT2D eigenvalue weighted by Crippen LogP contribution is -2.23. The molecule has 168 valence electrons. The number of carbonyl (C=O) groups excluding carboxylic acids is 2. The van der Waals surface area contributed by atoms with Crippen molar-refractivity contribution in [2.24, 2.45) is 0 Å². The fraction of sp³-hybridized carbons (Fsp3) is 0.273. The van der Waals surface area contributed by atoms with E-state index in [2.05, 4.69) is 20.6 Å². The van der Waals surface area contributed by atoms with Crippen LogP contribution >= 0.6 is 0 Å². The Morgan fingerprint density at radius 2 is 2.00 bits per heavy atom. The smallest absolute Gasteiger partial charge is 0.422 e. The largest absolute Gasteiger partial charge is 0.468 e. The minimum Gasteiger partial charge on any atom is -0.468 e. The number of ether oxygens (including phenoxy) is 1. The molecule has 2 N–H and O–H groups in total. The maximum atomic E-state index is 12.6. The first-order valence-electron chi connectivity index (χ1n) is 9.78. The van der Waals surface area contributed by atoms with Crippen molar-refractivity contribution >= 4 is 23.2 Å². The molecule has 10 heteroatoms. The molecule has 2 heterocycles.